The average molecular weight is 292 g/mol. The molecule has 0 saturated carbocycles. The summed E-state index contributed by atoms with van der Waals surface area (Å²) in [5, 5.41) is 12.6. The highest BCUT2D eigenvalue weighted by Gasteiger charge is 2.10. The summed E-state index contributed by atoms with van der Waals surface area (Å²) in [5.41, 5.74) is 0. The van der Waals surface area contributed by atoms with Gasteiger partial charge in [-0.2, -0.15) is 0 Å². The zero-order valence-electron chi connectivity index (χ0n) is 9.08. The first-order valence-electron chi connectivity index (χ1n) is 5.53. The number of aliphatic hydroxyl groups excluding tert-OH is 1. The van der Waals surface area contributed by atoms with Gasteiger partial charge in [0.05, 0.1) is 0 Å². The number of nitrogens with zero attached hydrogens (tertiary/aromatic N) is 1. The highest BCUT2D eigenvalue weighted by molar-refractivity contribution is 9.10. The summed E-state index contributed by atoms with van der Waals surface area (Å²) in [7, 11) is 0. The summed E-state index contributed by atoms with van der Waals surface area (Å²) in [6.07, 6.45) is 6.63. The van der Waals surface area contributed by atoms with Crippen LogP contribution in [-0.2, 0) is 0 Å². The predicted molar refractivity (Wildman–Crippen MR) is 68.1 cm³/mol. The molecule has 1 unspecified atom stereocenters. The number of unbranched alkanes of at least 4 members (excludes halogenated alkanes) is 4. The van der Waals surface area contributed by atoms with Crippen LogP contribution >= 0.6 is 27.3 Å². The molecule has 0 saturated heterocycles. The SMILES string of the molecule is CCCCCCCC(O)c1nc(Br)cs1. The molecule has 0 spiro atoms. The van der Waals surface area contributed by atoms with E-state index in [-0.39, 0.29) is 6.10 Å². The first-order chi connectivity index (χ1) is 7.24. The third-order valence-electron chi connectivity index (χ3n) is 2.36. The molecule has 0 amide bonds. The smallest absolute Gasteiger partial charge is 0.123 e. The van der Waals surface area contributed by atoms with Gasteiger partial charge in [-0.3, -0.25) is 0 Å². The lowest BCUT2D eigenvalue weighted by atomic mass is 10.1. The molecular weight excluding hydrogens is 274 g/mol. The maximum atomic E-state index is 9.82. The van der Waals surface area contributed by atoms with Crippen molar-refractivity contribution in [1.29, 1.82) is 0 Å². The molecule has 86 valence electrons. The summed E-state index contributed by atoms with van der Waals surface area (Å²) in [5.74, 6) is 0. The van der Waals surface area contributed by atoms with Gasteiger partial charge in [-0.1, -0.05) is 39.0 Å². The monoisotopic (exact) mass is 291 g/mol. The van der Waals surface area contributed by atoms with E-state index in [9.17, 15) is 5.11 Å². The molecule has 1 N–H and O–H groups in total. The summed E-state index contributed by atoms with van der Waals surface area (Å²) in [6.45, 7) is 2.21. The third kappa shape index (κ3) is 5.09. The maximum absolute atomic E-state index is 9.82. The number of thiazole rings is 1. The van der Waals surface area contributed by atoms with E-state index in [0.29, 0.717) is 0 Å². The van der Waals surface area contributed by atoms with Crippen LogP contribution in [0.4, 0.5) is 0 Å². The van der Waals surface area contributed by atoms with E-state index in [1.807, 2.05) is 5.38 Å². The Bertz CT molecular complexity index is 277. The van der Waals surface area contributed by atoms with Gasteiger partial charge in [0.1, 0.15) is 15.7 Å². The third-order valence-corrected chi connectivity index (χ3v) is 4.02. The van der Waals surface area contributed by atoms with Crippen molar-refractivity contribution in [2.24, 2.45) is 0 Å². The van der Waals surface area contributed by atoms with Crippen molar-refractivity contribution in [3.05, 3.63) is 15.0 Å². The molecule has 0 radical (unpaired) electrons. The van der Waals surface area contributed by atoms with Gasteiger partial charge in [0.2, 0.25) is 0 Å². The number of hydrogen-bond donors (Lipinski definition) is 1. The summed E-state index contributed by atoms with van der Waals surface area (Å²) in [6, 6.07) is 0. The minimum absolute atomic E-state index is 0.372. The minimum atomic E-state index is -0.372. The van der Waals surface area contributed by atoms with Crippen LogP contribution in [-0.4, -0.2) is 10.1 Å². The summed E-state index contributed by atoms with van der Waals surface area (Å²) >= 11 is 4.81. The van der Waals surface area contributed by atoms with E-state index < -0.39 is 0 Å². The minimum Gasteiger partial charge on any atom is -0.386 e. The highest BCUT2D eigenvalue weighted by Crippen LogP contribution is 2.25. The average Bonchev–Trinajstić information content (AvgIpc) is 2.64. The lowest BCUT2D eigenvalue weighted by Crippen LogP contribution is -1.96. The van der Waals surface area contributed by atoms with Crippen molar-refractivity contribution >= 4 is 27.3 Å². The second-order valence-corrected chi connectivity index (χ2v) is 5.43. The molecule has 1 aromatic heterocycles. The highest BCUT2D eigenvalue weighted by atomic mass is 79.9. The zero-order chi connectivity index (χ0) is 11.1. The Labute approximate surface area is 104 Å². The molecule has 1 aromatic rings. The molecule has 1 atom stereocenters. The van der Waals surface area contributed by atoms with Gasteiger partial charge in [-0.15, -0.1) is 11.3 Å². The van der Waals surface area contributed by atoms with Gasteiger partial charge >= 0.3 is 0 Å². The zero-order valence-corrected chi connectivity index (χ0v) is 11.5. The summed E-state index contributed by atoms with van der Waals surface area (Å²) < 4.78 is 0.826. The molecule has 1 rings (SSSR count). The molecule has 4 heteroatoms. The molecule has 1 heterocycles. The molecule has 0 bridgehead atoms. The van der Waals surface area contributed by atoms with Crippen molar-refractivity contribution in [3.8, 4) is 0 Å². The number of rotatable bonds is 7. The van der Waals surface area contributed by atoms with Crippen molar-refractivity contribution < 1.29 is 5.11 Å². The molecule has 0 aliphatic rings. The predicted octanol–water partition coefficient (Wildman–Crippen LogP) is 4.30. The van der Waals surface area contributed by atoms with Crippen LogP contribution in [0.3, 0.4) is 0 Å². The lowest BCUT2D eigenvalue weighted by molar-refractivity contribution is 0.163. The normalized spacial score (nSPS) is 13.0. The van der Waals surface area contributed by atoms with E-state index >= 15 is 0 Å². The Balaban J connectivity index is 2.16. The Kier molecular flexibility index (Phi) is 6.45. The standard InChI is InChI=1S/C11H18BrNOS/c1-2-3-4-5-6-7-9(14)11-13-10(12)8-15-11/h8-9,14H,2-7H2,1H3. The largest absolute Gasteiger partial charge is 0.386 e. The van der Waals surface area contributed by atoms with Crippen molar-refractivity contribution in [3.63, 3.8) is 0 Å². The van der Waals surface area contributed by atoms with Crippen LogP contribution < -0.4 is 0 Å². The van der Waals surface area contributed by atoms with Gasteiger partial charge < -0.3 is 5.11 Å². The molecule has 15 heavy (non-hydrogen) atoms. The van der Waals surface area contributed by atoms with Crippen LogP contribution in [0, 0.1) is 0 Å². The Morgan fingerprint density at radius 2 is 2.13 bits per heavy atom. The van der Waals surface area contributed by atoms with Gasteiger partial charge in [0, 0.05) is 5.38 Å². The van der Waals surface area contributed by atoms with Gasteiger partial charge in [-0.25, -0.2) is 4.98 Å². The van der Waals surface area contributed by atoms with Crippen LogP contribution in [0.1, 0.15) is 56.6 Å². The molecule has 0 aromatic carbocycles. The quantitative estimate of drug-likeness (QED) is 0.760. The number of halogens is 1. The van der Waals surface area contributed by atoms with Crippen LogP contribution in [0.15, 0.2) is 9.98 Å². The Hall–Kier alpha value is 0.0700. The van der Waals surface area contributed by atoms with Gasteiger partial charge in [0.15, 0.2) is 0 Å². The van der Waals surface area contributed by atoms with E-state index in [1.54, 1.807) is 0 Å². The molecule has 0 fully saturated rings. The fourth-order valence-corrected chi connectivity index (χ4v) is 2.77. The van der Waals surface area contributed by atoms with Crippen LogP contribution in [0.5, 0.6) is 0 Å². The number of aliphatic hydroxyl groups is 1. The number of aromatic nitrogens is 1. The van der Waals surface area contributed by atoms with E-state index in [0.717, 1.165) is 22.5 Å². The van der Waals surface area contributed by atoms with E-state index in [4.69, 9.17) is 0 Å². The van der Waals surface area contributed by atoms with Crippen molar-refractivity contribution in [2.75, 3.05) is 0 Å². The molecule has 0 aliphatic heterocycles. The van der Waals surface area contributed by atoms with Crippen LogP contribution in [0.25, 0.3) is 0 Å². The fraction of sp³-hybridized carbons (Fsp3) is 0.727. The van der Waals surface area contributed by atoms with Crippen molar-refractivity contribution in [1.82, 2.24) is 4.98 Å². The fourth-order valence-electron chi connectivity index (χ4n) is 1.48. The second-order valence-electron chi connectivity index (χ2n) is 3.73. The molecule has 0 aliphatic carbocycles. The maximum Gasteiger partial charge on any atom is 0.123 e. The first-order valence-corrected chi connectivity index (χ1v) is 7.20. The van der Waals surface area contributed by atoms with Gasteiger partial charge in [-0.05, 0) is 22.4 Å². The Morgan fingerprint density at radius 1 is 1.40 bits per heavy atom. The van der Waals surface area contributed by atoms with Crippen LogP contribution in [0.2, 0.25) is 0 Å². The van der Waals surface area contributed by atoms with E-state index in [2.05, 4.69) is 27.8 Å². The topological polar surface area (TPSA) is 33.1 Å². The van der Waals surface area contributed by atoms with Gasteiger partial charge in [0.25, 0.3) is 0 Å². The van der Waals surface area contributed by atoms with Crippen molar-refractivity contribution in [2.45, 2.75) is 51.6 Å². The second kappa shape index (κ2) is 7.36. The lowest BCUT2D eigenvalue weighted by Gasteiger charge is -2.06. The number of hydrogen-bond acceptors (Lipinski definition) is 3. The molecular formula is C11H18BrNOS. The molecule has 2 nitrogen and oxygen atoms in total. The van der Waals surface area contributed by atoms with E-state index in [1.165, 1.54) is 37.0 Å². The first kappa shape index (κ1) is 13.1. The Morgan fingerprint density at radius 3 is 2.73 bits per heavy atom. The summed E-state index contributed by atoms with van der Waals surface area (Å²) in [4.78, 5) is 4.21.